The number of hydrogen-bond donors (Lipinski definition) is 0. The SMILES string of the molecule is O=[N+]([O-])c1nc(C(F)F)c(Cl)cc1F. The van der Waals surface area contributed by atoms with Crippen LogP contribution in [0.5, 0.6) is 0 Å². The van der Waals surface area contributed by atoms with Crippen molar-refractivity contribution >= 4 is 17.4 Å². The molecule has 0 bridgehead atoms. The fraction of sp³-hybridized carbons (Fsp3) is 0.167. The monoisotopic (exact) mass is 226 g/mol. The van der Waals surface area contributed by atoms with E-state index in [4.69, 9.17) is 11.6 Å². The third kappa shape index (κ3) is 1.92. The molecule has 0 saturated carbocycles. The van der Waals surface area contributed by atoms with Crippen LogP contribution in [0.4, 0.5) is 19.0 Å². The second-order valence-corrected chi connectivity index (χ2v) is 2.63. The highest BCUT2D eigenvalue weighted by Crippen LogP contribution is 2.28. The predicted molar refractivity (Wildman–Crippen MR) is 40.8 cm³/mol. The molecular weight excluding hydrogens is 225 g/mol. The number of hydrogen-bond acceptors (Lipinski definition) is 3. The van der Waals surface area contributed by atoms with E-state index in [1.165, 1.54) is 0 Å². The van der Waals surface area contributed by atoms with Gasteiger partial charge in [0.05, 0.1) is 5.02 Å². The zero-order chi connectivity index (χ0) is 10.9. The van der Waals surface area contributed by atoms with Crippen molar-refractivity contribution in [2.45, 2.75) is 6.43 Å². The number of halogens is 4. The van der Waals surface area contributed by atoms with Gasteiger partial charge in [0, 0.05) is 6.07 Å². The molecule has 0 atom stereocenters. The van der Waals surface area contributed by atoms with Gasteiger partial charge in [-0.15, -0.1) is 0 Å². The largest absolute Gasteiger partial charge is 0.400 e. The Labute approximate surface area is 80.5 Å². The molecule has 0 amide bonds. The van der Waals surface area contributed by atoms with Gasteiger partial charge in [0.1, 0.15) is 0 Å². The molecule has 0 fully saturated rings. The average Bonchev–Trinajstić information content (AvgIpc) is 2.02. The summed E-state index contributed by atoms with van der Waals surface area (Å²) in [6.07, 6.45) is -3.08. The van der Waals surface area contributed by atoms with Gasteiger partial charge in [-0.3, -0.25) is 0 Å². The molecule has 0 aliphatic heterocycles. The lowest BCUT2D eigenvalue weighted by molar-refractivity contribution is -0.392. The van der Waals surface area contributed by atoms with E-state index in [0.29, 0.717) is 6.07 Å². The maximum absolute atomic E-state index is 12.7. The fourth-order valence-corrected chi connectivity index (χ4v) is 0.972. The highest BCUT2D eigenvalue weighted by Gasteiger charge is 2.26. The summed E-state index contributed by atoms with van der Waals surface area (Å²) in [5.41, 5.74) is -1.00. The summed E-state index contributed by atoms with van der Waals surface area (Å²) in [5, 5.41) is 9.49. The van der Waals surface area contributed by atoms with Gasteiger partial charge < -0.3 is 10.1 Å². The van der Waals surface area contributed by atoms with E-state index in [1.54, 1.807) is 0 Å². The normalized spacial score (nSPS) is 10.6. The molecule has 8 heteroatoms. The summed E-state index contributed by atoms with van der Waals surface area (Å²) in [6.45, 7) is 0. The Hall–Kier alpha value is -1.37. The molecule has 0 aliphatic carbocycles. The molecule has 0 radical (unpaired) electrons. The lowest BCUT2D eigenvalue weighted by Gasteiger charge is -1.98. The zero-order valence-electron chi connectivity index (χ0n) is 6.38. The third-order valence-electron chi connectivity index (χ3n) is 1.32. The molecule has 0 aromatic carbocycles. The van der Waals surface area contributed by atoms with Crippen LogP contribution >= 0.6 is 11.6 Å². The highest BCUT2D eigenvalue weighted by molar-refractivity contribution is 6.31. The minimum Gasteiger partial charge on any atom is -0.358 e. The van der Waals surface area contributed by atoms with Crippen molar-refractivity contribution in [1.82, 2.24) is 4.98 Å². The van der Waals surface area contributed by atoms with Crippen LogP contribution < -0.4 is 0 Å². The summed E-state index contributed by atoms with van der Waals surface area (Å²) in [7, 11) is 0. The van der Waals surface area contributed by atoms with Crippen LogP contribution in [0, 0.1) is 15.9 Å². The third-order valence-corrected chi connectivity index (χ3v) is 1.62. The van der Waals surface area contributed by atoms with Gasteiger partial charge in [-0.05, 0) is 9.91 Å². The van der Waals surface area contributed by atoms with Gasteiger partial charge in [-0.2, -0.15) is 4.39 Å². The van der Waals surface area contributed by atoms with Crippen molar-refractivity contribution in [2.24, 2.45) is 0 Å². The molecule has 0 unspecified atom stereocenters. The van der Waals surface area contributed by atoms with E-state index in [2.05, 4.69) is 4.98 Å². The number of nitrogens with zero attached hydrogens (tertiary/aromatic N) is 2. The topological polar surface area (TPSA) is 56.0 Å². The van der Waals surface area contributed by atoms with Gasteiger partial charge in [-0.1, -0.05) is 11.6 Å². The molecule has 0 spiro atoms. The van der Waals surface area contributed by atoms with E-state index in [9.17, 15) is 23.3 Å². The standard InChI is InChI=1S/C6H2ClF3N2O2/c7-2-1-3(8)6(12(13)14)11-4(2)5(9)10/h1,5H. The van der Waals surface area contributed by atoms with Crippen molar-refractivity contribution in [3.05, 3.63) is 32.7 Å². The number of nitro groups is 1. The Morgan fingerprint density at radius 1 is 1.57 bits per heavy atom. The summed E-state index contributed by atoms with van der Waals surface area (Å²) < 4.78 is 36.9. The molecule has 1 rings (SSSR count). The van der Waals surface area contributed by atoms with Crippen LogP contribution in [0.15, 0.2) is 6.07 Å². The number of rotatable bonds is 2. The van der Waals surface area contributed by atoms with Crippen LogP contribution in [-0.4, -0.2) is 9.91 Å². The van der Waals surface area contributed by atoms with E-state index in [0.717, 1.165) is 0 Å². The summed E-state index contributed by atoms with van der Waals surface area (Å²) >= 11 is 5.20. The predicted octanol–water partition coefficient (Wildman–Crippen LogP) is 2.72. The van der Waals surface area contributed by atoms with Crippen molar-refractivity contribution in [1.29, 1.82) is 0 Å². The molecular formula is C6H2ClF3N2O2. The molecule has 4 nitrogen and oxygen atoms in total. The van der Waals surface area contributed by atoms with Crippen LogP contribution in [0.2, 0.25) is 5.02 Å². The van der Waals surface area contributed by atoms with Gasteiger partial charge in [-0.25, -0.2) is 8.78 Å². The van der Waals surface area contributed by atoms with Crippen molar-refractivity contribution < 1.29 is 18.1 Å². The molecule has 1 aromatic rings. The highest BCUT2D eigenvalue weighted by atomic mass is 35.5. The zero-order valence-corrected chi connectivity index (χ0v) is 7.13. The molecule has 1 heterocycles. The second-order valence-electron chi connectivity index (χ2n) is 2.22. The summed E-state index contributed by atoms with van der Waals surface area (Å²) in [4.78, 5) is 11.7. The molecule has 0 aliphatic rings. The number of alkyl halides is 2. The average molecular weight is 227 g/mol. The first-order chi connectivity index (χ1) is 6.43. The van der Waals surface area contributed by atoms with Gasteiger partial charge in [0.25, 0.3) is 0 Å². The number of pyridine rings is 1. The molecule has 76 valence electrons. The minimum atomic E-state index is -3.08. The van der Waals surface area contributed by atoms with Crippen LogP contribution in [-0.2, 0) is 0 Å². The van der Waals surface area contributed by atoms with Crippen molar-refractivity contribution in [2.75, 3.05) is 0 Å². The minimum absolute atomic E-state index is 0.439. The molecule has 0 N–H and O–H groups in total. The fourth-order valence-electron chi connectivity index (χ4n) is 0.752. The first kappa shape index (κ1) is 10.7. The maximum atomic E-state index is 12.7. The van der Waals surface area contributed by atoms with Gasteiger partial charge in [0.15, 0.2) is 0 Å². The van der Waals surface area contributed by atoms with E-state index >= 15 is 0 Å². The Balaban J connectivity index is 3.34. The van der Waals surface area contributed by atoms with Crippen molar-refractivity contribution in [3.63, 3.8) is 0 Å². The summed E-state index contributed by atoms with van der Waals surface area (Å²) in [5.74, 6) is -2.60. The Morgan fingerprint density at radius 2 is 2.14 bits per heavy atom. The van der Waals surface area contributed by atoms with Crippen LogP contribution in [0.1, 0.15) is 12.1 Å². The first-order valence-corrected chi connectivity index (χ1v) is 3.59. The Bertz CT molecular complexity index is 386. The molecule has 1 aromatic heterocycles. The molecule has 0 saturated heterocycles. The van der Waals surface area contributed by atoms with E-state index in [1.807, 2.05) is 0 Å². The van der Waals surface area contributed by atoms with Crippen LogP contribution in [0.25, 0.3) is 0 Å². The lowest BCUT2D eigenvalue weighted by atomic mass is 10.3. The Morgan fingerprint density at radius 3 is 2.57 bits per heavy atom. The molecule has 14 heavy (non-hydrogen) atoms. The maximum Gasteiger partial charge on any atom is 0.400 e. The summed E-state index contributed by atoms with van der Waals surface area (Å²) in [6, 6.07) is 0.439. The lowest BCUT2D eigenvalue weighted by Crippen LogP contribution is -2.01. The second kappa shape index (κ2) is 3.79. The first-order valence-electron chi connectivity index (χ1n) is 3.22. The number of aromatic nitrogens is 1. The smallest absolute Gasteiger partial charge is 0.358 e. The van der Waals surface area contributed by atoms with Gasteiger partial charge in [0.2, 0.25) is 11.5 Å². The quantitative estimate of drug-likeness (QED) is 0.575. The Kier molecular flexibility index (Phi) is 2.90. The van der Waals surface area contributed by atoms with Crippen molar-refractivity contribution in [3.8, 4) is 0 Å². The van der Waals surface area contributed by atoms with Gasteiger partial charge >= 0.3 is 12.2 Å². The van der Waals surface area contributed by atoms with E-state index < -0.39 is 33.7 Å². The van der Waals surface area contributed by atoms with Crippen LogP contribution in [0.3, 0.4) is 0 Å². The van der Waals surface area contributed by atoms with E-state index in [-0.39, 0.29) is 0 Å².